The second-order valence-corrected chi connectivity index (χ2v) is 3.80. The Morgan fingerprint density at radius 3 is 2.94 bits per heavy atom. The molecule has 6 heteroatoms. The zero-order chi connectivity index (χ0) is 12.4. The fourth-order valence-electron chi connectivity index (χ4n) is 1.25. The Labute approximate surface area is 101 Å². The number of carbonyl (C=O) groups excluding carboxylic acids is 1. The lowest BCUT2D eigenvalue weighted by molar-refractivity contribution is 0.0987. The van der Waals surface area contributed by atoms with Crippen LogP contribution < -0.4 is 5.32 Å². The molecule has 1 aromatic carbocycles. The quantitative estimate of drug-likeness (QED) is 0.896. The van der Waals surface area contributed by atoms with Gasteiger partial charge in [0.15, 0.2) is 5.82 Å². The van der Waals surface area contributed by atoms with Crippen LogP contribution in [0.3, 0.4) is 0 Å². The predicted octanol–water partition coefficient (Wildman–Crippen LogP) is 3.03. The molecular weight excluding hydrogens is 247 g/mol. The minimum Gasteiger partial charge on any atom is -0.351 e. The molecule has 0 aliphatic rings. The molecule has 1 amide bonds. The van der Waals surface area contributed by atoms with Crippen LogP contribution in [0, 0.1) is 12.7 Å². The van der Waals surface area contributed by atoms with Crippen molar-refractivity contribution in [2.24, 2.45) is 0 Å². The summed E-state index contributed by atoms with van der Waals surface area (Å²) in [6.07, 6.45) is 0. The van der Waals surface area contributed by atoms with Gasteiger partial charge < -0.3 is 9.84 Å². The molecule has 0 fully saturated rings. The van der Waals surface area contributed by atoms with Crippen LogP contribution in [0.5, 0.6) is 0 Å². The zero-order valence-electron chi connectivity index (χ0n) is 8.83. The van der Waals surface area contributed by atoms with E-state index in [1.807, 2.05) is 0 Å². The first-order valence-corrected chi connectivity index (χ1v) is 5.14. The third-order valence-corrected chi connectivity index (χ3v) is 2.34. The summed E-state index contributed by atoms with van der Waals surface area (Å²) >= 11 is 5.59. The molecule has 88 valence electrons. The van der Waals surface area contributed by atoms with Crippen LogP contribution in [0.1, 0.15) is 16.2 Å². The maximum Gasteiger partial charge on any atom is 0.294 e. The Bertz CT molecular complexity index is 568. The van der Waals surface area contributed by atoms with Gasteiger partial charge in [-0.25, -0.2) is 4.39 Å². The van der Waals surface area contributed by atoms with Crippen molar-refractivity contribution in [3.63, 3.8) is 0 Å². The topological polar surface area (TPSA) is 55.1 Å². The van der Waals surface area contributed by atoms with Crippen molar-refractivity contribution in [1.82, 2.24) is 5.16 Å². The summed E-state index contributed by atoms with van der Waals surface area (Å²) in [5.74, 6) is -1.24. The molecule has 0 aliphatic carbocycles. The molecule has 1 N–H and O–H groups in total. The predicted molar refractivity (Wildman–Crippen MR) is 60.6 cm³/mol. The summed E-state index contributed by atoms with van der Waals surface area (Å²) in [5.41, 5.74) is 0.568. The van der Waals surface area contributed by atoms with Crippen LogP contribution in [-0.4, -0.2) is 11.1 Å². The summed E-state index contributed by atoms with van der Waals surface area (Å²) in [4.78, 5) is 11.6. The summed E-state index contributed by atoms with van der Waals surface area (Å²) in [5, 5.41) is 5.85. The van der Waals surface area contributed by atoms with Crippen LogP contribution in [0.2, 0.25) is 5.02 Å². The third kappa shape index (κ3) is 2.45. The fraction of sp³-hybridized carbons (Fsp3) is 0.0909. The molecule has 1 heterocycles. The summed E-state index contributed by atoms with van der Waals surface area (Å²) < 4.78 is 18.2. The van der Waals surface area contributed by atoms with Crippen LogP contribution >= 0.6 is 11.6 Å². The molecule has 4 nitrogen and oxygen atoms in total. The molecule has 0 aliphatic heterocycles. The van der Waals surface area contributed by atoms with Crippen LogP contribution in [0.15, 0.2) is 28.8 Å². The van der Waals surface area contributed by atoms with Gasteiger partial charge in [0, 0.05) is 6.07 Å². The molecule has 0 bridgehead atoms. The van der Waals surface area contributed by atoms with Gasteiger partial charge in [0.25, 0.3) is 5.91 Å². The Morgan fingerprint density at radius 2 is 2.29 bits per heavy atom. The fourth-order valence-corrected chi connectivity index (χ4v) is 1.43. The average Bonchev–Trinajstić information content (AvgIpc) is 2.72. The Balaban J connectivity index is 2.21. The highest BCUT2D eigenvalue weighted by atomic mass is 35.5. The molecule has 0 saturated carbocycles. The number of nitrogens with zero attached hydrogens (tertiary/aromatic N) is 1. The van der Waals surface area contributed by atoms with E-state index in [2.05, 4.69) is 10.5 Å². The van der Waals surface area contributed by atoms with Crippen LogP contribution in [0.25, 0.3) is 0 Å². The van der Waals surface area contributed by atoms with E-state index >= 15 is 0 Å². The van der Waals surface area contributed by atoms with Gasteiger partial charge in [-0.05, 0) is 19.1 Å². The van der Waals surface area contributed by atoms with Gasteiger partial charge in [0.05, 0.1) is 16.4 Å². The first kappa shape index (κ1) is 11.6. The number of nitrogens with one attached hydrogen (secondary N) is 1. The van der Waals surface area contributed by atoms with E-state index < -0.39 is 11.7 Å². The lowest BCUT2D eigenvalue weighted by atomic mass is 10.3. The second-order valence-electron chi connectivity index (χ2n) is 3.39. The van der Waals surface area contributed by atoms with Gasteiger partial charge in [-0.1, -0.05) is 22.8 Å². The maximum absolute atomic E-state index is 13.5. The molecule has 0 saturated heterocycles. The van der Waals surface area contributed by atoms with E-state index in [0.717, 1.165) is 0 Å². The number of rotatable bonds is 2. The normalized spacial score (nSPS) is 10.3. The molecule has 0 radical (unpaired) electrons. The second kappa shape index (κ2) is 4.55. The number of hydrogen-bond donors (Lipinski definition) is 1. The lowest BCUT2D eigenvalue weighted by Crippen LogP contribution is -2.12. The van der Waals surface area contributed by atoms with Crippen LogP contribution in [-0.2, 0) is 0 Å². The zero-order valence-corrected chi connectivity index (χ0v) is 9.58. The molecule has 17 heavy (non-hydrogen) atoms. The Morgan fingerprint density at radius 1 is 1.53 bits per heavy atom. The monoisotopic (exact) mass is 254 g/mol. The van der Waals surface area contributed by atoms with E-state index in [1.165, 1.54) is 24.3 Å². The largest absolute Gasteiger partial charge is 0.351 e. The number of aromatic nitrogens is 1. The highest BCUT2D eigenvalue weighted by Crippen LogP contribution is 2.22. The summed E-state index contributed by atoms with van der Waals surface area (Å²) in [6.45, 7) is 1.68. The van der Waals surface area contributed by atoms with Crippen molar-refractivity contribution < 1.29 is 13.7 Å². The van der Waals surface area contributed by atoms with Gasteiger partial charge in [-0.15, -0.1) is 0 Å². The molecular formula is C11H8ClFN2O2. The Hall–Kier alpha value is -1.88. The summed E-state index contributed by atoms with van der Waals surface area (Å²) in [6, 6.07) is 5.79. The van der Waals surface area contributed by atoms with E-state index in [-0.39, 0.29) is 16.5 Å². The number of carbonyl (C=O) groups is 1. The smallest absolute Gasteiger partial charge is 0.294 e. The average molecular weight is 255 g/mol. The number of halogens is 2. The van der Waals surface area contributed by atoms with Gasteiger partial charge in [0.1, 0.15) is 0 Å². The van der Waals surface area contributed by atoms with E-state index in [1.54, 1.807) is 6.92 Å². The highest BCUT2D eigenvalue weighted by molar-refractivity contribution is 6.31. The van der Waals surface area contributed by atoms with E-state index in [9.17, 15) is 9.18 Å². The maximum atomic E-state index is 13.5. The van der Waals surface area contributed by atoms with Crippen molar-refractivity contribution in [1.29, 1.82) is 0 Å². The number of amides is 1. The molecule has 0 atom stereocenters. The first-order valence-electron chi connectivity index (χ1n) is 4.76. The molecule has 2 aromatic rings. The van der Waals surface area contributed by atoms with Gasteiger partial charge in [-0.2, -0.15) is 0 Å². The van der Waals surface area contributed by atoms with Crippen LogP contribution in [0.4, 0.5) is 10.1 Å². The molecule has 1 aromatic heterocycles. The van der Waals surface area contributed by atoms with E-state index in [0.29, 0.717) is 5.69 Å². The number of anilines is 1. The third-order valence-electron chi connectivity index (χ3n) is 2.05. The van der Waals surface area contributed by atoms with Crippen molar-refractivity contribution in [3.05, 3.63) is 46.6 Å². The Kier molecular flexibility index (Phi) is 3.10. The standard InChI is InChI=1S/C11H8ClFN2O2/c1-6-5-9(17-15-6)11(16)14-8-4-2-3-7(12)10(8)13/h2-5H,1H3,(H,14,16). The number of aryl methyl sites for hydroxylation is 1. The minimum absolute atomic E-state index is 0.00319. The molecule has 2 rings (SSSR count). The van der Waals surface area contributed by atoms with Crippen molar-refractivity contribution >= 4 is 23.2 Å². The van der Waals surface area contributed by atoms with Crippen molar-refractivity contribution in [2.75, 3.05) is 5.32 Å². The first-order chi connectivity index (χ1) is 8.08. The van der Waals surface area contributed by atoms with Gasteiger partial charge >= 0.3 is 0 Å². The molecule has 0 spiro atoms. The van der Waals surface area contributed by atoms with E-state index in [4.69, 9.17) is 16.1 Å². The lowest BCUT2D eigenvalue weighted by Gasteiger charge is -2.04. The SMILES string of the molecule is Cc1cc(C(=O)Nc2cccc(Cl)c2F)on1. The van der Waals surface area contributed by atoms with Crippen molar-refractivity contribution in [3.8, 4) is 0 Å². The number of benzene rings is 1. The number of hydrogen-bond acceptors (Lipinski definition) is 3. The highest BCUT2D eigenvalue weighted by Gasteiger charge is 2.14. The van der Waals surface area contributed by atoms with Gasteiger partial charge in [0.2, 0.25) is 5.76 Å². The van der Waals surface area contributed by atoms with Gasteiger partial charge in [-0.3, -0.25) is 4.79 Å². The van der Waals surface area contributed by atoms with Crippen molar-refractivity contribution in [2.45, 2.75) is 6.92 Å². The molecule has 0 unspecified atom stereocenters. The minimum atomic E-state index is -0.682. The summed E-state index contributed by atoms with van der Waals surface area (Å²) in [7, 11) is 0.